The van der Waals surface area contributed by atoms with Crippen molar-refractivity contribution >= 4 is 17.3 Å². The fourth-order valence-electron chi connectivity index (χ4n) is 1.47. The van der Waals surface area contributed by atoms with Crippen molar-refractivity contribution in [1.29, 1.82) is 0 Å². The molecule has 4 nitrogen and oxygen atoms in total. The van der Waals surface area contributed by atoms with Crippen LogP contribution in [0.2, 0.25) is 0 Å². The molecule has 20 heavy (non-hydrogen) atoms. The van der Waals surface area contributed by atoms with Crippen LogP contribution < -0.4 is 11.1 Å². The first-order chi connectivity index (χ1) is 9.28. The van der Waals surface area contributed by atoms with Crippen molar-refractivity contribution in [1.82, 2.24) is 0 Å². The summed E-state index contributed by atoms with van der Waals surface area (Å²) in [5, 5.41) is 2.57. The number of benzene rings is 1. The van der Waals surface area contributed by atoms with Crippen molar-refractivity contribution < 1.29 is 22.7 Å². The van der Waals surface area contributed by atoms with Crippen molar-refractivity contribution in [2.75, 3.05) is 17.7 Å². The number of hydrogen-bond acceptors (Lipinski definition) is 3. The summed E-state index contributed by atoms with van der Waals surface area (Å²) in [5.74, 6) is -0.428. The number of amides is 1. The highest BCUT2D eigenvalue weighted by molar-refractivity contribution is 5.94. The zero-order chi connectivity index (χ0) is 15.2. The first-order valence-corrected chi connectivity index (χ1v) is 6.13. The molecular formula is C13H17F3N2O2. The Morgan fingerprint density at radius 1 is 1.45 bits per heavy atom. The van der Waals surface area contributed by atoms with Crippen molar-refractivity contribution in [2.24, 2.45) is 0 Å². The molecule has 0 fully saturated rings. The third-order valence-corrected chi connectivity index (χ3v) is 2.50. The van der Waals surface area contributed by atoms with Crippen molar-refractivity contribution in [2.45, 2.75) is 32.0 Å². The van der Waals surface area contributed by atoms with Crippen LogP contribution in [0.15, 0.2) is 24.3 Å². The van der Waals surface area contributed by atoms with E-state index in [0.717, 1.165) is 0 Å². The first-order valence-electron chi connectivity index (χ1n) is 6.13. The Bertz CT molecular complexity index is 449. The van der Waals surface area contributed by atoms with Gasteiger partial charge in [0.2, 0.25) is 0 Å². The lowest BCUT2D eigenvalue weighted by atomic mass is 10.2. The summed E-state index contributed by atoms with van der Waals surface area (Å²) < 4.78 is 40.8. The van der Waals surface area contributed by atoms with Crippen LogP contribution in [0, 0.1) is 0 Å². The Labute approximate surface area is 115 Å². The second-order valence-electron chi connectivity index (χ2n) is 4.35. The van der Waals surface area contributed by atoms with E-state index < -0.39 is 24.6 Å². The van der Waals surface area contributed by atoms with E-state index in [9.17, 15) is 18.0 Å². The molecule has 1 atom stereocenters. The van der Waals surface area contributed by atoms with Gasteiger partial charge in [0, 0.05) is 24.4 Å². The smallest absolute Gasteiger partial charge is 0.389 e. The van der Waals surface area contributed by atoms with Crippen molar-refractivity contribution in [3.63, 3.8) is 0 Å². The van der Waals surface area contributed by atoms with Gasteiger partial charge >= 0.3 is 6.18 Å². The van der Waals surface area contributed by atoms with Crippen molar-refractivity contribution in [3.8, 4) is 0 Å². The molecule has 0 saturated heterocycles. The number of ether oxygens (including phenoxy) is 1. The standard InChI is InChI=1S/C13H17F3N2O2/c1-9(20-7-3-6-13(14,15)16)12(19)18-11-5-2-4-10(17)8-11/h2,4-5,8-9H,3,6-7,17H2,1H3,(H,18,19). The third kappa shape index (κ3) is 6.42. The van der Waals surface area contributed by atoms with Gasteiger partial charge in [0.05, 0.1) is 0 Å². The molecule has 0 aromatic heterocycles. The molecule has 1 aromatic rings. The molecule has 0 aliphatic rings. The Morgan fingerprint density at radius 3 is 2.75 bits per heavy atom. The minimum absolute atomic E-state index is 0.120. The van der Waals surface area contributed by atoms with Crippen LogP contribution in [0.5, 0.6) is 0 Å². The van der Waals surface area contributed by atoms with E-state index in [-0.39, 0.29) is 13.0 Å². The zero-order valence-electron chi connectivity index (χ0n) is 11.0. The number of halogens is 3. The largest absolute Gasteiger partial charge is 0.399 e. The van der Waals surface area contributed by atoms with Crippen LogP contribution in [0.4, 0.5) is 24.5 Å². The maximum atomic E-state index is 11.9. The minimum Gasteiger partial charge on any atom is -0.399 e. The lowest BCUT2D eigenvalue weighted by Gasteiger charge is -2.14. The van der Waals surface area contributed by atoms with Gasteiger partial charge in [-0.25, -0.2) is 0 Å². The fourth-order valence-corrected chi connectivity index (χ4v) is 1.47. The molecule has 1 unspecified atom stereocenters. The van der Waals surface area contributed by atoms with E-state index in [4.69, 9.17) is 10.5 Å². The average Bonchev–Trinajstić information content (AvgIpc) is 2.33. The first kappa shape index (κ1) is 16.3. The van der Waals surface area contributed by atoms with E-state index in [1.807, 2.05) is 0 Å². The van der Waals surface area contributed by atoms with Crippen LogP contribution >= 0.6 is 0 Å². The maximum Gasteiger partial charge on any atom is 0.389 e. The minimum atomic E-state index is -4.20. The summed E-state index contributed by atoms with van der Waals surface area (Å²) in [5.41, 5.74) is 6.58. The number of rotatable bonds is 6. The van der Waals surface area contributed by atoms with E-state index in [1.54, 1.807) is 24.3 Å². The number of alkyl halides is 3. The maximum absolute atomic E-state index is 11.9. The number of nitrogen functional groups attached to an aromatic ring is 1. The topological polar surface area (TPSA) is 64.3 Å². The second kappa shape index (κ2) is 7.14. The Hall–Kier alpha value is -1.76. The summed E-state index contributed by atoms with van der Waals surface area (Å²) in [6.45, 7) is 1.36. The molecule has 0 aliphatic carbocycles. The van der Waals surface area contributed by atoms with Gasteiger partial charge in [0.15, 0.2) is 0 Å². The normalized spacial score (nSPS) is 13.0. The molecule has 1 amide bonds. The molecule has 1 rings (SSSR count). The molecule has 0 spiro atoms. The average molecular weight is 290 g/mol. The molecule has 0 saturated carbocycles. The predicted octanol–water partition coefficient (Wildman–Crippen LogP) is 2.95. The van der Waals surface area contributed by atoms with Gasteiger partial charge in [-0.1, -0.05) is 6.07 Å². The van der Waals surface area contributed by atoms with Crippen LogP contribution in [0.1, 0.15) is 19.8 Å². The summed E-state index contributed by atoms with van der Waals surface area (Å²) in [6, 6.07) is 6.59. The number of nitrogens with one attached hydrogen (secondary N) is 1. The number of hydrogen-bond donors (Lipinski definition) is 2. The van der Waals surface area contributed by atoms with Gasteiger partial charge in [0.1, 0.15) is 6.10 Å². The van der Waals surface area contributed by atoms with Gasteiger partial charge < -0.3 is 15.8 Å². The molecule has 3 N–H and O–H groups in total. The Morgan fingerprint density at radius 2 is 2.15 bits per heavy atom. The third-order valence-electron chi connectivity index (χ3n) is 2.50. The van der Waals surface area contributed by atoms with Crippen LogP contribution in [-0.2, 0) is 9.53 Å². The van der Waals surface area contributed by atoms with Crippen LogP contribution in [0.3, 0.4) is 0 Å². The van der Waals surface area contributed by atoms with E-state index in [0.29, 0.717) is 11.4 Å². The van der Waals surface area contributed by atoms with Gasteiger partial charge in [-0.3, -0.25) is 4.79 Å². The van der Waals surface area contributed by atoms with Crippen LogP contribution in [0.25, 0.3) is 0 Å². The molecule has 0 heterocycles. The van der Waals surface area contributed by atoms with Gasteiger partial charge in [0.25, 0.3) is 5.91 Å². The predicted molar refractivity (Wildman–Crippen MR) is 70.2 cm³/mol. The molecular weight excluding hydrogens is 273 g/mol. The monoisotopic (exact) mass is 290 g/mol. The SMILES string of the molecule is CC(OCCCC(F)(F)F)C(=O)Nc1cccc(N)c1. The second-order valence-corrected chi connectivity index (χ2v) is 4.35. The molecule has 0 radical (unpaired) electrons. The molecule has 0 bridgehead atoms. The van der Waals surface area contributed by atoms with E-state index >= 15 is 0 Å². The van der Waals surface area contributed by atoms with Gasteiger partial charge in [-0.05, 0) is 31.5 Å². The number of nitrogens with two attached hydrogens (primary N) is 1. The number of carbonyl (C=O) groups is 1. The highest BCUT2D eigenvalue weighted by atomic mass is 19.4. The van der Waals surface area contributed by atoms with E-state index in [2.05, 4.69) is 5.32 Å². The lowest BCUT2D eigenvalue weighted by molar-refractivity contribution is -0.140. The molecule has 7 heteroatoms. The van der Waals surface area contributed by atoms with Crippen molar-refractivity contribution in [3.05, 3.63) is 24.3 Å². The quantitative estimate of drug-likeness (QED) is 0.625. The fraction of sp³-hybridized carbons (Fsp3) is 0.462. The highest BCUT2D eigenvalue weighted by Crippen LogP contribution is 2.21. The molecule has 1 aromatic carbocycles. The Balaban J connectivity index is 2.32. The molecule has 0 aliphatic heterocycles. The lowest BCUT2D eigenvalue weighted by Crippen LogP contribution is -2.28. The summed E-state index contributed by atoms with van der Waals surface area (Å²) in [4.78, 5) is 11.7. The zero-order valence-corrected chi connectivity index (χ0v) is 11.0. The highest BCUT2D eigenvalue weighted by Gasteiger charge is 2.26. The number of carbonyl (C=O) groups excluding carboxylic acids is 1. The van der Waals surface area contributed by atoms with Crippen LogP contribution in [-0.4, -0.2) is 24.8 Å². The van der Waals surface area contributed by atoms with Gasteiger partial charge in [-0.2, -0.15) is 13.2 Å². The Kier molecular flexibility index (Phi) is 5.82. The molecule has 112 valence electrons. The summed E-state index contributed by atoms with van der Waals surface area (Å²) >= 11 is 0. The number of anilines is 2. The van der Waals surface area contributed by atoms with E-state index in [1.165, 1.54) is 6.92 Å². The van der Waals surface area contributed by atoms with Gasteiger partial charge in [-0.15, -0.1) is 0 Å². The summed E-state index contributed by atoms with van der Waals surface area (Å²) in [6.07, 6.45) is -6.11. The summed E-state index contributed by atoms with van der Waals surface area (Å²) in [7, 11) is 0.